The Morgan fingerprint density at radius 2 is 1.72 bits per heavy atom. The molecule has 0 saturated heterocycles. The first-order valence-electron chi connectivity index (χ1n) is 9.22. The van der Waals surface area contributed by atoms with E-state index in [0.717, 1.165) is 16.9 Å². The van der Waals surface area contributed by atoms with Crippen molar-refractivity contribution >= 4 is 11.6 Å². The third-order valence-corrected chi connectivity index (χ3v) is 4.77. The topological polar surface area (TPSA) is 60.1 Å². The Labute approximate surface area is 167 Å². The van der Waals surface area contributed by atoms with Crippen LogP contribution in [0.5, 0.6) is 0 Å². The number of rotatable bonds is 4. The minimum Gasteiger partial charge on any atom is -0.460 e. The highest BCUT2D eigenvalue weighted by Gasteiger charge is 2.19. The molecule has 2 heterocycles. The number of anilines is 1. The average Bonchev–Trinajstić information content (AvgIpc) is 3.32. The van der Waals surface area contributed by atoms with E-state index >= 15 is 0 Å². The molecule has 6 heteroatoms. The van der Waals surface area contributed by atoms with Crippen LogP contribution in [0.3, 0.4) is 0 Å². The van der Waals surface area contributed by atoms with Gasteiger partial charge in [0, 0.05) is 11.8 Å². The molecule has 0 spiro atoms. The molecule has 4 rings (SSSR count). The van der Waals surface area contributed by atoms with Gasteiger partial charge >= 0.3 is 0 Å². The van der Waals surface area contributed by atoms with Crippen LogP contribution in [0.4, 0.5) is 10.1 Å². The number of nitrogens with one attached hydrogen (secondary N) is 1. The maximum Gasteiger partial charge on any atom is 0.274 e. The summed E-state index contributed by atoms with van der Waals surface area (Å²) in [5.41, 5.74) is 4.34. The zero-order valence-electron chi connectivity index (χ0n) is 16.4. The lowest BCUT2D eigenvalue weighted by Gasteiger charge is -2.10. The summed E-state index contributed by atoms with van der Waals surface area (Å²) in [5.74, 6) is 0.629. The van der Waals surface area contributed by atoms with Gasteiger partial charge in [0.05, 0.1) is 5.69 Å². The number of hydrogen-bond acceptors (Lipinski definition) is 3. The van der Waals surface area contributed by atoms with Crippen LogP contribution in [-0.4, -0.2) is 15.7 Å². The fraction of sp³-hybridized carbons (Fsp3) is 0.130. The summed E-state index contributed by atoms with van der Waals surface area (Å²) in [4.78, 5) is 13.0. The van der Waals surface area contributed by atoms with Crippen LogP contribution in [0.25, 0.3) is 17.1 Å². The third kappa shape index (κ3) is 3.82. The number of benzene rings is 2. The van der Waals surface area contributed by atoms with Crippen molar-refractivity contribution < 1.29 is 13.6 Å². The van der Waals surface area contributed by atoms with Crippen molar-refractivity contribution in [3.8, 4) is 17.1 Å². The highest BCUT2D eigenvalue weighted by Crippen LogP contribution is 2.25. The van der Waals surface area contributed by atoms with Gasteiger partial charge in [-0.25, -0.2) is 9.07 Å². The highest BCUT2D eigenvalue weighted by molar-refractivity contribution is 6.04. The molecule has 0 aliphatic carbocycles. The second-order valence-corrected chi connectivity index (χ2v) is 6.97. The van der Waals surface area contributed by atoms with Crippen molar-refractivity contribution in [2.24, 2.45) is 0 Å². The van der Waals surface area contributed by atoms with Crippen molar-refractivity contribution in [3.63, 3.8) is 0 Å². The Balaban J connectivity index is 1.75. The summed E-state index contributed by atoms with van der Waals surface area (Å²) in [6.07, 6.45) is 0. The largest absolute Gasteiger partial charge is 0.460 e. The van der Waals surface area contributed by atoms with Gasteiger partial charge in [-0.3, -0.25) is 4.79 Å². The monoisotopic (exact) mass is 389 g/mol. The molecule has 1 N–H and O–H groups in total. The normalized spacial score (nSPS) is 10.9. The van der Waals surface area contributed by atoms with E-state index in [9.17, 15) is 9.18 Å². The van der Waals surface area contributed by atoms with Crippen molar-refractivity contribution in [1.82, 2.24) is 9.78 Å². The summed E-state index contributed by atoms with van der Waals surface area (Å²) in [5, 5.41) is 7.44. The zero-order valence-corrected chi connectivity index (χ0v) is 16.4. The molecule has 29 heavy (non-hydrogen) atoms. The van der Waals surface area contributed by atoms with Crippen molar-refractivity contribution in [1.29, 1.82) is 0 Å². The van der Waals surface area contributed by atoms with Crippen LogP contribution in [-0.2, 0) is 0 Å². The van der Waals surface area contributed by atoms with Crippen LogP contribution >= 0.6 is 0 Å². The smallest absolute Gasteiger partial charge is 0.274 e. The number of hydrogen-bond donors (Lipinski definition) is 1. The number of halogens is 1. The lowest BCUT2D eigenvalue weighted by molar-refractivity contribution is 0.101. The van der Waals surface area contributed by atoms with Gasteiger partial charge in [0.2, 0.25) is 0 Å². The van der Waals surface area contributed by atoms with E-state index in [1.165, 1.54) is 16.8 Å². The van der Waals surface area contributed by atoms with Gasteiger partial charge in [0.15, 0.2) is 5.76 Å². The number of carbonyl (C=O) groups excluding carboxylic acids is 1. The van der Waals surface area contributed by atoms with Crippen LogP contribution in [0.1, 0.15) is 27.4 Å². The van der Waals surface area contributed by atoms with Gasteiger partial charge in [-0.15, -0.1) is 0 Å². The minimum atomic E-state index is -0.357. The second kappa shape index (κ2) is 7.39. The van der Waals surface area contributed by atoms with Crippen LogP contribution in [0, 0.1) is 26.6 Å². The van der Waals surface area contributed by atoms with Gasteiger partial charge in [-0.05, 0) is 80.4 Å². The molecular formula is C23H20FN3O2. The molecule has 0 aliphatic heterocycles. The minimum absolute atomic E-state index is 0.318. The summed E-state index contributed by atoms with van der Waals surface area (Å²) >= 11 is 0. The zero-order chi connectivity index (χ0) is 20.5. The van der Waals surface area contributed by atoms with Gasteiger partial charge < -0.3 is 9.73 Å². The van der Waals surface area contributed by atoms with Gasteiger partial charge in [-0.1, -0.05) is 6.07 Å². The Bertz CT molecular complexity index is 1190. The third-order valence-electron chi connectivity index (χ3n) is 4.77. The fourth-order valence-electron chi connectivity index (χ4n) is 3.03. The number of carbonyl (C=O) groups is 1. The Morgan fingerprint density at radius 3 is 2.38 bits per heavy atom. The number of amides is 1. The molecule has 0 atom stereocenters. The molecule has 0 radical (unpaired) electrons. The van der Waals surface area contributed by atoms with Crippen LogP contribution < -0.4 is 5.32 Å². The lowest BCUT2D eigenvalue weighted by Crippen LogP contribution is -2.17. The Kier molecular flexibility index (Phi) is 4.76. The van der Waals surface area contributed by atoms with Crippen LogP contribution in [0.15, 0.2) is 65.1 Å². The van der Waals surface area contributed by atoms with E-state index in [1.807, 2.05) is 45.0 Å². The quantitative estimate of drug-likeness (QED) is 0.505. The predicted octanol–water partition coefficient (Wildman–Crippen LogP) is 5.45. The Morgan fingerprint density at radius 1 is 0.966 bits per heavy atom. The molecule has 0 saturated carbocycles. The maximum absolute atomic E-state index is 13.4. The maximum atomic E-state index is 13.4. The molecule has 0 fully saturated rings. The van der Waals surface area contributed by atoms with Crippen molar-refractivity contribution in [2.45, 2.75) is 20.8 Å². The number of aromatic nitrogens is 2. The molecule has 0 bridgehead atoms. The first-order valence-corrected chi connectivity index (χ1v) is 9.22. The SMILES string of the molecule is Cc1ccc(-c2cc(C(=O)Nc3ccc(C)c(C)c3)n(-c3ccc(F)cc3)n2)o1. The molecule has 146 valence electrons. The first kappa shape index (κ1) is 18.7. The van der Waals surface area contributed by atoms with E-state index in [4.69, 9.17) is 4.42 Å². The van der Waals surface area contributed by atoms with E-state index in [0.29, 0.717) is 28.5 Å². The standard InChI is InChI=1S/C23H20FN3O2/c1-14-4-8-18(12-15(14)2)25-23(28)21-13-20(22-11-5-16(3)29-22)26-27(21)19-9-6-17(24)7-10-19/h4-13H,1-3H3,(H,25,28). The molecule has 4 aromatic rings. The molecule has 0 unspecified atom stereocenters. The molecule has 5 nitrogen and oxygen atoms in total. The van der Waals surface area contributed by atoms with Gasteiger partial charge in [0.1, 0.15) is 23.0 Å². The molecule has 0 aliphatic rings. The van der Waals surface area contributed by atoms with E-state index in [2.05, 4.69) is 10.4 Å². The molecular weight excluding hydrogens is 369 g/mol. The molecule has 2 aromatic heterocycles. The van der Waals surface area contributed by atoms with Gasteiger partial charge in [0.25, 0.3) is 5.91 Å². The van der Waals surface area contributed by atoms with E-state index < -0.39 is 0 Å². The number of furan rings is 1. The lowest BCUT2D eigenvalue weighted by atomic mass is 10.1. The molecule has 1 amide bonds. The molecule has 2 aromatic carbocycles. The average molecular weight is 389 g/mol. The van der Waals surface area contributed by atoms with Crippen molar-refractivity contribution in [3.05, 3.63) is 89.1 Å². The summed E-state index contributed by atoms with van der Waals surface area (Å²) in [6.45, 7) is 5.85. The second-order valence-electron chi connectivity index (χ2n) is 6.97. The predicted molar refractivity (Wildman–Crippen MR) is 110 cm³/mol. The summed E-state index contributed by atoms with van der Waals surface area (Å²) < 4.78 is 20.5. The number of nitrogens with zero attached hydrogens (tertiary/aromatic N) is 2. The van der Waals surface area contributed by atoms with Gasteiger partial charge in [-0.2, -0.15) is 5.10 Å². The van der Waals surface area contributed by atoms with Crippen LogP contribution in [0.2, 0.25) is 0 Å². The van der Waals surface area contributed by atoms with E-state index in [-0.39, 0.29) is 11.7 Å². The highest BCUT2D eigenvalue weighted by atomic mass is 19.1. The Hall–Kier alpha value is -3.67. The number of aryl methyl sites for hydroxylation is 3. The summed E-state index contributed by atoms with van der Waals surface area (Å²) in [6, 6.07) is 16.9. The van der Waals surface area contributed by atoms with Crippen molar-refractivity contribution in [2.75, 3.05) is 5.32 Å². The van der Waals surface area contributed by atoms with E-state index in [1.54, 1.807) is 24.3 Å². The first-order chi connectivity index (χ1) is 13.9. The summed E-state index contributed by atoms with van der Waals surface area (Å²) in [7, 11) is 0. The fourth-order valence-corrected chi connectivity index (χ4v) is 3.03.